The molecular formula is C11H21N3. The van der Waals surface area contributed by atoms with Crippen LogP contribution in [0.3, 0.4) is 0 Å². The van der Waals surface area contributed by atoms with Crippen molar-refractivity contribution in [3.8, 4) is 0 Å². The summed E-state index contributed by atoms with van der Waals surface area (Å²) >= 11 is 0. The topological polar surface area (TPSA) is 30.3 Å². The number of rotatable bonds is 1. The molecule has 0 aromatic heterocycles. The first-order valence-electron chi connectivity index (χ1n) is 5.81. The summed E-state index contributed by atoms with van der Waals surface area (Å²) in [5.74, 6) is 0.732. The quantitative estimate of drug-likeness (QED) is 0.508. The van der Waals surface area contributed by atoms with Gasteiger partial charge in [-0.2, -0.15) is 0 Å². The molecule has 1 saturated heterocycles. The Kier molecular flexibility index (Phi) is 3.06. The molecule has 0 unspecified atom stereocenters. The summed E-state index contributed by atoms with van der Waals surface area (Å²) in [5.41, 5.74) is 0. The molecular weight excluding hydrogens is 174 g/mol. The monoisotopic (exact) mass is 195 g/mol. The Morgan fingerprint density at radius 1 is 1.07 bits per heavy atom. The maximum absolute atomic E-state index is 7.57. The Labute approximate surface area is 86.6 Å². The Morgan fingerprint density at radius 2 is 1.64 bits per heavy atom. The van der Waals surface area contributed by atoms with Gasteiger partial charge in [-0.3, -0.25) is 10.3 Å². The molecule has 1 heterocycles. The number of hydrogen-bond donors (Lipinski definition) is 1. The van der Waals surface area contributed by atoms with Crippen LogP contribution in [0.25, 0.3) is 0 Å². The molecule has 1 N–H and O–H groups in total. The van der Waals surface area contributed by atoms with Gasteiger partial charge in [0.1, 0.15) is 0 Å². The lowest BCUT2D eigenvalue weighted by Gasteiger charge is -2.38. The number of nitrogens with zero attached hydrogens (tertiary/aromatic N) is 2. The molecule has 0 aromatic rings. The van der Waals surface area contributed by atoms with Gasteiger partial charge < -0.3 is 4.90 Å². The first-order chi connectivity index (χ1) is 6.77. The molecule has 14 heavy (non-hydrogen) atoms. The fourth-order valence-corrected chi connectivity index (χ4v) is 2.69. The lowest BCUT2D eigenvalue weighted by Crippen LogP contribution is -2.50. The van der Waals surface area contributed by atoms with E-state index in [0.717, 1.165) is 25.0 Å². The molecule has 0 radical (unpaired) electrons. The minimum atomic E-state index is 0.732. The molecule has 3 nitrogen and oxygen atoms in total. The van der Waals surface area contributed by atoms with Crippen molar-refractivity contribution in [2.75, 3.05) is 26.2 Å². The van der Waals surface area contributed by atoms with Gasteiger partial charge in [0, 0.05) is 32.2 Å². The summed E-state index contributed by atoms with van der Waals surface area (Å²) in [5, 5.41) is 7.57. The van der Waals surface area contributed by atoms with E-state index in [1.807, 2.05) is 6.92 Å². The zero-order valence-electron chi connectivity index (χ0n) is 9.13. The number of amidine groups is 1. The molecule has 2 aliphatic rings. The van der Waals surface area contributed by atoms with Gasteiger partial charge in [-0.25, -0.2) is 0 Å². The third-order valence-corrected chi connectivity index (χ3v) is 3.63. The van der Waals surface area contributed by atoms with Gasteiger partial charge in [0.05, 0.1) is 5.84 Å². The van der Waals surface area contributed by atoms with Crippen LogP contribution in [0.15, 0.2) is 0 Å². The Hall–Kier alpha value is -0.570. The second-order valence-corrected chi connectivity index (χ2v) is 4.55. The smallest absolute Gasteiger partial charge is 0.0926 e. The predicted molar refractivity (Wildman–Crippen MR) is 58.8 cm³/mol. The highest BCUT2D eigenvalue weighted by Gasteiger charge is 2.25. The maximum atomic E-state index is 7.57. The minimum Gasteiger partial charge on any atom is -0.358 e. The highest BCUT2D eigenvalue weighted by molar-refractivity contribution is 5.76. The molecule has 1 aliphatic heterocycles. The van der Waals surface area contributed by atoms with Crippen LogP contribution in [-0.2, 0) is 0 Å². The van der Waals surface area contributed by atoms with Gasteiger partial charge in [0.2, 0.25) is 0 Å². The molecule has 0 amide bonds. The van der Waals surface area contributed by atoms with Crippen molar-refractivity contribution in [3.05, 3.63) is 0 Å². The van der Waals surface area contributed by atoms with E-state index in [9.17, 15) is 0 Å². The van der Waals surface area contributed by atoms with Gasteiger partial charge in [0.25, 0.3) is 0 Å². The van der Waals surface area contributed by atoms with Gasteiger partial charge in [0.15, 0.2) is 0 Å². The zero-order chi connectivity index (χ0) is 9.97. The third kappa shape index (κ3) is 2.08. The van der Waals surface area contributed by atoms with Crippen molar-refractivity contribution in [2.24, 2.45) is 0 Å². The summed E-state index contributed by atoms with van der Waals surface area (Å²) in [6.45, 7) is 6.35. The van der Waals surface area contributed by atoms with E-state index in [-0.39, 0.29) is 0 Å². The summed E-state index contributed by atoms with van der Waals surface area (Å²) in [6, 6.07) is 0.864. The number of hydrogen-bond acceptors (Lipinski definition) is 2. The summed E-state index contributed by atoms with van der Waals surface area (Å²) in [7, 11) is 0. The highest BCUT2D eigenvalue weighted by atomic mass is 15.3. The van der Waals surface area contributed by atoms with Gasteiger partial charge in [-0.05, 0) is 19.8 Å². The Bertz CT molecular complexity index is 201. The van der Waals surface area contributed by atoms with E-state index < -0.39 is 0 Å². The van der Waals surface area contributed by atoms with Crippen molar-refractivity contribution < 1.29 is 0 Å². The van der Waals surface area contributed by atoms with E-state index in [4.69, 9.17) is 5.41 Å². The number of nitrogens with one attached hydrogen (secondary N) is 1. The molecule has 2 rings (SSSR count). The standard InChI is InChI=1S/C11H21N3/c1-10(12)13-6-8-14(9-7-13)11-4-2-3-5-11/h11-12H,2-9H2,1H3. The van der Waals surface area contributed by atoms with E-state index >= 15 is 0 Å². The largest absolute Gasteiger partial charge is 0.358 e. The summed E-state index contributed by atoms with van der Waals surface area (Å²) < 4.78 is 0. The van der Waals surface area contributed by atoms with Crippen LogP contribution in [0.4, 0.5) is 0 Å². The van der Waals surface area contributed by atoms with Crippen molar-refractivity contribution in [1.82, 2.24) is 9.80 Å². The average molecular weight is 195 g/mol. The summed E-state index contributed by atoms with van der Waals surface area (Å²) in [6.07, 6.45) is 5.66. The van der Waals surface area contributed by atoms with Crippen molar-refractivity contribution in [3.63, 3.8) is 0 Å². The Balaban J connectivity index is 1.80. The van der Waals surface area contributed by atoms with Crippen LogP contribution in [-0.4, -0.2) is 47.9 Å². The first kappa shape index (κ1) is 9.97. The van der Waals surface area contributed by atoms with Gasteiger partial charge in [-0.15, -0.1) is 0 Å². The van der Waals surface area contributed by atoms with E-state index in [2.05, 4.69) is 9.80 Å². The molecule has 3 heteroatoms. The predicted octanol–water partition coefficient (Wildman–Crippen LogP) is 1.54. The summed E-state index contributed by atoms with van der Waals surface area (Å²) in [4.78, 5) is 4.82. The fraction of sp³-hybridized carbons (Fsp3) is 0.909. The minimum absolute atomic E-state index is 0.732. The van der Waals surface area contributed by atoms with Crippen molar-refractivity contribution in [2.45, 2.75) is 38.6 Å². The van der Waals surface area contributed by atoms with Crippen LogP contribution in [0.1, 0.15) is 32.6 Å². The molecule has 0 atom stereocenters. The zero-order valence-corrected chi connectivity index (χ0v) is 9.13. The maximum Gasteiger partial charge on any atom is 0.0926 e. The molecule has 0 aromatic carbocycles. The first-order valence-corrected chi connectivity index (χ1v) is 5.81. The molecule has 1 saturated carbocycles. The second kappa shape index (κ2) is 4.30. The molecule has 0 spiro atoms. The van der Waals surface area contributed by atoms with Crippen LogP contribution in [0.5, 0.6) is 0 Å². The van der Waals surface area contributed by atoms with Crippen LogP contribution < -0.4 is 0 Å². The lowest BCUT2D eigenvalue weighted by atomic mass is 10.2. The van der Waals surface area contributed by atoms with E-state index in [1.165, 1.54) is 38.8 Å². The van der Waals surface area contributed by atoms with E-state index in [0.29, 0.717) is 0 Å². The van der Waals surface area contributed by atoms with Crippen molar-refractivity contribution in [1.29, 1.82) is 5.41 Å². The van der Waals surface area contributed by atoms with Crippen LogP contribution >= 0.6 is 0 Å². The molecule has 2 fully saturated rings. The van der Waals surface area contributed by atoms with Gasteiger partial charge >= 0.3 is 0 Å². The van der Waals surface area contributed by atoms with E-state index in [1.54, 1.807) is 0 Å². The molecule has 80 valence electrons. The average Bonchev–Trinajstić information content (AvgIpc) is 2.71. The SMILES string of the molecule is CC(=N)N1CCN(C2CCCC2)CC1. The highest BCUT2D eigenvalue weighted by Crippen LogP contribution is 2.24. The molecule has 0 bridgehead atoms. The Morgan fingerprint density at radius 3 is 2.14 bits per heavy atom. The van der Waals surface area contributed by atoms with Crippen LogP contribution in [0, 0.1) is 5.41 Å². The fourth-order valence-electron chi connectivity index (χ4n) is 2.69. The van der Waals surface area contributed by atoms with Crippen molar-refractivity contribution >= 4 is 5.84 Å². The normalized spacial score (nSPS) is 25.6. The number of piperazine rings is 1. The van der Waals surface area contributed by atoms with Gasteiger partial charge in [-0.1, -0.05) is 12.8 Å². The molecule has 1 aliphatic carbocycles. The third-order valence-electron chi connectivity index (χ3n) is 3.63. The van der Waals surface area contributed by atoms with Crippen LogP contribution in [0.2, 0.25) is 0 Å². The second-order valence-electron chi connectivity index (χ2n) is 4.55. The lowest BCUT2D eigenvalue weighted by molar-refractivity contribution is 0.133.